The average molecular weight is 425 g/mol. The van der Waals surface area contributed by atoms with E-state index in [-0.39, 0.29) is 24.0 Å². The normalized spacial score (nSPS) is 24.3. The van der Waals surface area contributed by atoms with Crippen LogP contribution >= 0.6 is 0 Å². The fourth-order valence-electron chi connectivity index (χ4n) is 5.00. The first-order valence-electron chi connectivity index (χ1n) is 10.9. The lowest BCUT2D eigenvalue weighted by molar-refractivity contribution is -0.130. The summed E-state index contributed by atoms with van der Waals surface area (Å²) < 4.78 is 7.97. The number of piperazine rings is 1. The molecule has 1 aliphatic heterocycles. The number of hydrogen-bond donors (Lipinski definition) is 1. The van der Waals surface area contributed by atoms with Crippen molar-refractivity contribution in [2.75, 3.05) is 26.2 Å². The monoisotopic (exact) mass is 425 g/mol. The van der Waals surface area contributed by atoms with E-state index in [2.05, 4.69) is 31.5 Å². The van der Waals surface area contributed by atoms with Crippen LogP contribution in [-0.2, 0) is 9.53 Å². The van der Waals surface area contributed by atoms with Crippen molar-refractivity contribution >= 4 is 28.8 Å². The van der Waals surface area contributed by atoms with Crippen LogP contribution in [0, 0.1) is 5.92 Å². The van der Waals surface area contributed by atoms with Crippen molar-refractivity contribution in [3.63, 3.8) is 0 Å². The molecule has 0 radical (unpaired) electrons. The summed E-state index contributed by atoms with van der Waals surface area (Å²) in [4.78, 5) is 35.2. The fraction of sp³-hybridized carbons (Fsp3) is 0.571. The summed E-state index contributed by atoms with van der Waals surface area (Å²) in [7, 11) is 0. The van der Waals surface area contributed by atoms with Gasteiger partial charge in [-0.25, -0.2) is 9.78 Å². The Labute approximate surface area is 179 Å². The number of carbonyl (C=O) groups is 2. The van der Waals surface area contributed by atoms with E-state index in [9.17, 15) is 9.59 Å². The van der Waals surface area contributed by atoms with Crippen molar-refractivity contribution in [1.82, 2.24) is 34.4 Å². The molecule has 1 saturated heterocycles. The molecule has 3 aromatic heterocycles. The highest BCUT2D eigenvalue weighted by molar-refractivity contribution is 5.75. The van der Waals surface area contributed by atoms with Gasteiger partial charge in [-0.2, -0.15) is 0 Å². The standard InChI is InChI=1S/C21H27N7O3/c1-3-14-10-15(31-21(30)27-8-6-26(7-9-27)13(2)29)11-16(14)20-25-24-18-12-23-19-17(28(18)20)4-5-22-19/h4-5,12,14-16,22H,3,6-11H2,1-2H3/t14-,15+,16+/m1/s1. The Morgan fingerprint density at radius 1 is 1.16 bits per heavy atom. The third-order valence-corrected chi connectivity index (χ3v) is 6.73. The molecule has 2 aliphatic rings. The minimum atomic E-state index is -0.285. The van der Waals surface area contributed by atoms with E-state index < -0.39 is 0 Å². The van der Waals surface area contributed by atoms with Gasteiger partial charge in [0.2, 0.25) is 5.91 Å². The van der Waals surface area contributed by atoms with Gasteiger partial charge >= 0.3 is 6.09 Å². The molecular weight excluding hydrogens is 398 g/mol. The summed E-state index contributed by atoms with van der Waals surface area (Å²) in [5.41, 5.74) is 2.48. The summed E-state index contributed by atoms with van der Waals surface area (Å²) in [6, 6.07) is 1.98. The maximum atomic E-state index is 12.7. The molecule has 164 valence electrons. The zero-order chi connectivity index (χ0) is 21.5. The first-order valence-corrected chi connectivity index (χ1v) is 10.9. The van der Waals surface area contributed by atoms with Crippen LogP contribution in [0.25, 0.3) is 16.8 Å². The summed E-state index contributed by atoms with van der Waals surface area (Å²) >= 11 is 0. The smallest absolute Gasteiger partial charge is 0.410 e. The second-order valence-electron chi connectivity index (χ2n) is 8.47. The van der Waals surface area contributed by atoms with Gasteiger partial charge in [-0.3, -0.25) is 9.20 Å². The van der Waals surface area contributed by atoms with E-state index >= 15 is 0 Å². The molecule has 3 aromatic rings. The number of H-pyrrole nitrogens is 1. The molecule has 1 saturated carbocycles. The summed E-state index contributed by atoms with van der Waals surface area (Å²) in [6.07, 6.45) is 5.68. The lowest BCUT2D eigenvalue weighted by Crippen LogP contribution is -2.50. The molecule has 10 nitrogen and oxygen atoms in total. The van der Waals surface area contributed by atoms with Crippen molar-refractivity contribution in [3.8, 4) is 0 Å². The molecule has 31 heavy (non-hydrogen) atoms. The van der Waals surface area contributed by atoms with Gasteiger partial charge in [0.05, 0.1) is 11.7 Å². The number of carbonyl (C=O) groups excluding carboxylic acids is 2. The number of rotatable bonds is 3. The van der Waals surface area contributed by atoms with Crippen LogP contribution in [0.2, 0.25) is 0 Å². The van der Waals surface area contributed by atoms with Gasteiger partial charge in [0.1, 0.15) is 11.9 Å². The van der Waals surface area contributed by atoms with E-state index in [1.54, 1.807) is 22.9 Å². The topological polar surface area (TPSA) is 109 Å². The SMILES string of the molecule is CC[C@@H]1C[C@H](OC(=O)N2CCN(C(C)=O)CC2)C[C@@H]1c1nnc2cnc3[nH]ccc3n12. The van der Waals surface area contributed by atoms with Gasteiger partial charge in [0.15, 0.2) is 11.3 Å². The third kappa shape index (κ3) is 3.49. The van der Waals surface area contributed by atoms with Crippen molar-refractivity contribution in [2.45, 2.75) is 45.1 Å². The molecule has 2 fully saturated rings. The highest BCUT2D eigenvalue weighted by Gasteiger charge is 2.40. The summed E-state index contributed by atoms with van der Waals surface area (Å²) in [5.74, 6) is 1.47. The Morgan fingerprint density at radius 2 is 1.94 bits per heavy atom. The van der Waals surface area contributed by atoms with E-state index in [4.69, 9.17) is 4.74 Å². The Morgan fingerprint density at radius 3 is 2.68 bits per heavy atom. The first-order chi connectivity index (χ1) is 15.0. The number of nitrogens with zero attached hydrogens (tertiary/aromatic N) is 6. The molecule has 0 spiro atoms. The molecule has 1 aliphatic carbocycles. The highest BCUT2D eigenvalue weighted by atomic mass is 16.6. The van der Waals surface area contributed by atoms with Crippen LogP contribution in [-0.4, -0.2) is 78.6 Å². The van der Waals surface area contributed by atoms with Gasteiger partial charge in [-0.1, -0.05) is 13.3 Å². The van der Waals surface area contributed by atoms with Gasteiger partial charge in [0, 0.05) is 45.2 Å². The van der Waals surface area contributed by atoms with E-state index in [1.165, 1.54) is 0 Å². The van der Waals surface area contributed by atoms with Gasteiger partial charge in [-0.05, 0) is 24.8 Å². The number of ether oxygens (including phenoxy) is 1. The Kier molecular flexibility index (Phi) is 4.99. The van der Waals surface area contributed by atoms with E-state index in [0.717, 1.165) is 41.9 Å². The number of aromatic amines is 1. The summed E-state index contributed by atoms with van der Waals surface area (Å²) in [5, 5.41) is 8.84. The molecular formula is C21H27N7O3. The lowest BCUT2D eigenvalue weighted by Gasteiger charge is -2.34. The quantitative estimate of drug-likeness (QED) is 0.689. The van der Waals surface area contributed by atoms with Crippen LogP contribution < -0.4 is 0 Å². The predicted molar refractivity (Wildman–Crippen MR) is 112 cm³/mol. The number of hydrogen-bond acceptors (Lipinski definition) is 6. The molecule has 1 N–H and O–H groups in total. The minimum absolute atomic E-state index is 0.0460. The Bertz CT molecular complexity index is 1110. The van der Waals surface area contributed by atoms with Crippen molar-refractivity contribution < 1.29 is 14.3 Å². The molecule has 4 heterocycles. The van der Waals surface area contributed by atoms with Crippen molar-refractivity contribution in [3.05, 3.63) is 24.3 Å². The van der Waals surface area contributed by atoms with Crippen LogP contribution in [0.4, 0.5) is 4.79 Å². The molecule has 5 rings (SSSR count). The zero-order valence-corrected chi connectivity index (χ0v) is 17.8. The number of nitrogens with one attached hydrogen (secondary N) is 1. The summed E-state index contributed by atoms with van der Waals surface area (Å²) in [6.45, 7) is 5.87. The number of amides is 2. The van der Waals surface area contributed by atoms with Crippen LogP contribution in [0.3, 0.4) is 0 Å². The minimum Gasteiger partial charge on any atom is -0.446 e. The van der Waals surface area contributed by atoms with Crippen molar-refractivity contribution in [2.24, 2.45) is 5.92 Å². The van der Waals surface area contributed by atoms with Crippen LogP contribution in [0.1, 0.15) is 44.9 Å². The maximum Gasteiger partial charge on any atom is 0.410 e. The second-order valence-corrected chi connectivity index (χ2v) is 8.47. The second kappa shape index (κ2) is 7.82. The molecule has 10 heteroatoms. The molecule has 0 bridgehead atoms. The van der Waals surface area contributed by atoms with Crippen LogP contribution in [0.5, 0.6) is 0 Å². The maximum absolute atomic E-state index is 12.7. The third-order valence-electron chi connectivity index (χ3n) is 6.73. The highest BCUT2D eigenvalue weighted by Crippen LogP contribution is 2.42. The Balaban J connectivity index is 1.31. The number of fused-ring (bicyclic) bond motifs is 3. The van der Waals surface area contributed by atoms with E-state index in [1.807, 2.05) is 12.3 Å². The van der Waals surface area contributed by atoms with Crippen molar-refractivity contribution in [1.29, 1.82) is 0 Å². The Hall–Kier alpha value is -3.17. The molecule has 0 unspecified atom stereocenters. The molecule has 0 aromatic carbocycles. The van der Waals surface area contributed by atoms with Gasteiger partial charge in [0.25, 0.3) is 0 Å². The first kappa shape index (κ1) is 19.8. The van der Waals surface area contributed by atoms with Gasteiger partial charge < -0.3 is 19.5 Å². The number of aromatic nitrogens is 5. The van der Waals surface area contributed by atoms with E-state index in [0.29, 0.717) is 32.1 Å². The molecule has 3 atom stereocenters. The largest absolute Gasteiger partial charge is 0.446 e. The fourth-order valence-corrected chi connectivity index (χ4v) is 5.00. The van der Waals surface area contributed by atoms with Gasteiger partial charge in [-0.15, -0.1) is 10.2 Å². The van der Waals surface area contributed by atoms with Crippen LogP contribution in [0.15, 0.2) is 18.5 Å². The molecule has 2 amide bonds. The lowest BCUT2D eigenvalue weighted by atomic mass is 9.93. The predicted octanol–water partition coefficient (Wildman–Crippen LogP) is 2.18. The average Bonchev–Trinajstić information content (AvgIpc) is 3.50. The zero-order valence-electron chi connectivity index (χ0n) is 17.8.